The number of aliphatic carboxylic acids is 1. The minimum absolute atomic E-state index is 0.0198. The van der Waals surface area contributed by atoms with E-state index in [1.807, 2.05) is 0 Å². The Morgan fingerprint density at radius 2 is 2.08 bits per heavy atom. The third kappa shape index (κ3) is 3.60. The molecule has 2 unspecified atom stereocenters. The number of benzene rings is 1. The highest BCUT2D eigenvalue weighted by atomic mass is 35.5. The number of aliphatic hydroxyl groups excluding tert-OH is 1. The van der Waals surface area contributed by atoms with Crippen LogP contribution in [-0.4, -0.2) is 81.8 Å². The predicted octanol–water partition coefficient (Wildman–Crippen LogP) is 0.597. The number of nitrogens with zero attached hydrogens (tertiary/aromatic N) is 4. The van der Waals surface area contributed by atoms with E-state index in [2.05, 4.69) is 15.0 Å². The van der Waals surface area contributed by atoms with E-state index in [4.69, 9.17) is 38.4 Å². The molecule has 2 aliphatic rings. The molecule has 6 atom stereocenters. The summed E-state index contributed by atoms with van der Waals surface area (Å²) in [5.74, 6) is -2.90. The van der Waals surface area contributed by atoms with E-state index < -0.39 is 60.3 Å². The molecule has 3 aromatic rings. The first-order chi connectivity index (χ1) is 16.9. The monoisotopic (exact) mass is 547 g/mol. The summed E-state index contributed by atoms with van der Waals surface area (Å²) in [5.41, 5.74) is 0.336. The summed E-state index contributed by atoms with van der Waals surface area (Å²) < 4.78 is 41.9. The summed E-state index contributed by atoms with van der Waals surface area (Å²) in [7, 11) is 0. The van der Waals surface area contributed by atoms with Gasteiger partial charge < -0.3 is 35.6 Å². The van der Waals surface area contributed by atoms with Crippen LogP contribution in [0.3, 0.4) is 0 Å². The second-order valence-electron chi connectivity index (χ2n) is 8.46. The smallest absolute Gasteiger partial charge is 0.341 e. The summed E-state index contributed by atoms with van der Waals surface area (Å²) in [6, 6.07) is 3.30. The minimum atomic E-state index is -2.88. The Kier molecular flexibility index (Phi) is 5.83. The normalized spacial score (nSPS) is 28.9. The molecule has 3 heterocycles. The summed E-state index contributed by atoms with van der Waals surface area (Å²) in [5, 5.41) is 40.4. The number of nitrogens with two attached hydrogens (primary N) is 1. The number of imidazole rings is 1. The van der Waals surface area contributed by atoms with Gasteiger partial charge in [0.1, 0.15) is 23.5 Å². The molecule has 1 saturated carbocycles. The molecule has 2 fully saturated rings. The van der Waals surface area contributed by atoms with Gasteiger partial charge in [0.05, 0.1) is 6.33 Å². The van der Waals surface area contributed by atoms with E-state index >= 15 is 4.39 Å². The Morgan fingerprint density at radius 3 is 2.67 bits per heavy atom. The molecule has 0 amide bonds. The highest BCUT2D eigenvalue weighted by molar-refractivity contribution is 6.30. The minimum Gasteiger partial charge on any atom is -0.479 e. The van der Waals surface area contributed by atoms with Crippen molar-refractivity contribution in [3.63, 3.8) is 0 Å². The van der Waals surface area contributed by atoms with Gasteiger partial charge in [0.2, 0.25) is 10.9 Å². The fraction of sp³-hybridized carbons (Fsp3) is 0.400. The Labute approximate surface area is 209 Å². The predicted molar refractivity (Wildman–Crippen MR) is 117 cm³/mol. The first kappa shape index (κ1) is 25.0. The number of carbonyl (C=O) groups is 1. The Bertz CT molecular complexity index is 1380. The molecule has 6 N–H and O–H groups in total. The fourth-order valence-corrected chi connectivity index (χ4v) is 4.67. The van der Waals surface area contributed by atoms with Gasteiger partial charge in [-0.05, 0) is 29.3 Å². The number of ether oxygens (including phenoxy) is 2. The van der Waals surface area contributed by atoms with Gasteiger partial charge in [-0.15, -0.1) is 0 Å². The van der Waals surface area contributed by atoms with Crippen molar-refractivity contribution in [2.45, 2.75) is 48.5 Å². The van der Waals surface area contributed by atoms with Gasteiger partial charge in [0.25, 0.3) is 0 Å². The lowest BCUT2D eigenvalue weighted by Gasteiger charge is -2.33. The van der Waals surface area contributed by atoms with Crippen molar-refractivity contribution in [1.29, 1.82) is 0 Å². The van der Waals surface area contributed by atoms with Crippen LogP contribution in [0, 0.1) is 5.82 Å². The lowest BCUT2D eigenvalue weighted by Crippen LogP contribution is -2.55. The Hall–Kier alpha value is -2.72. The van der Waals surface area contributed by atoms with Crippen molar-refractivity contribution >= 4 is 46.2 Å². The summed E-state index contributed by atoms with van der Waals surface area (Å²) in [6.45, 7) is 0. The van der Waals surface area contributed by atoms with Gasteiger partial charge in [-0.1, -0.05) is 17.7 Å². The molecule has 1 aliphatic heterocycles. The number of carboxylic acids is 1. The molecular formula is C20H17Cl2F2N5O7. The molecule has 0 spiro atoms. The zero-order valence-corrected chi connectivity index (χ0v) is 19.3. The molecule has 0 bridgehead atoms. The highest BCUT2D eigenvalue weighted by Gasteiger charge is 2.80. The third-order valence-corrected chi connectivity index (χ3v) is 6.74. The second-order valence-corrected chi connectivity index (χ2v) is 9.23. The zero-order chi connectivity index (χ0) is 26.2. The van der Waals surface area contributed by atoms with E-state index in [0.717, 1.165) is 23.0 Å². The Morgan fingerprint density at radius 1 is 1.36 bits per heavy atom. The number of anilines is 1. The highest BCUT2D eigenvalue weighted by Crippen LogP contribution is 2.58. The van der Waals surface area contributed by atoms with Crippen LogP contribution < -0.4 is 5.73 Å². The number of carboxylic acid groups (broad SMARTS) is 1. The molecule has 12 nitrogen and oxygen atoms in total. The largest absolute Gasteiger partial charge is 0.479 e. The van der Waals surface area contributed by atoms with Crippen LogP contribution >= 0.6 is 23.2 Å². The first-order valence-electron chi connectivity index (χ1n) is 10.3. The van der Waals surface area contributed by atoms with Crippen LogP contribution in [0.2, 0.25) is 10.3 Å². The molecule has 0 radical (unpaired) electrons. The molecule has 1 aliphatic carbocycles. The van der Waals surface area contributed by atoms with Crippen LogP contribution in [-0.2, 0) is 20.7 Å². The SMILES string of the molecule is Nc1nc(Cl)nc2c1ncn2[C@@H]1O[C@@H]2C(OC(Cc3ccc(Cl)cc3F)(C(=O)O)C(O)O)[C@]2(O)[C@@H]1F. The lowest BCUT2D eigenvalue weighted by molar-refractivity contribution is -0.238. The van der Waals surface area contributed by atoms with Crippen molar-refractivity contribution in [3.8, 4) is 0 Å². The van der Waals surface area contributed by atoms with Crippen LogP contribution in [0.4, 0.5) is 14.6 Å². The number of aliphatic hydroxyl groups is 3. The number of alkyl halides is 1. The summed E-state index contributed by atoms with van der Waals surface area (Å²) in [4.78, 5) is 23.8. The summed E-state index contributed by atoms with van der Waals surface area (Å²) in [6.07, 6.45) is -9.19. The van der Waals surface area contributed by atoms with Gasteiger partial charge >= 0.3 is 5.97 Å². The van der Waals surface area contributed by atoms with Gasteiger partial charge in [-0.3, -0.25) is 4.57 Å². The van der Waals surface area contributed by atoms with Crippen LogP contribution in [0.1, 0.15) is 11.8 Å². The van der Waals surface area contributed by atoms with E-state index in [1.54, 1.807) is 0 Å². The number of halogens is 4. The summed E-state index contributed by atoms with van der Waals surface area (Å²) >= 11 is 11.5. The van der Waals surface area contributed by atoms with Crippen LogP contribution in [0.15, 0.2) is 24.5 Å². The van der Waals surface area contributed by atoms with E-state index in [9.17, 15) is 29.6 Å². The molecule has 1 saturated heterocycles. The lowest BCUT2D eigenvalue weighted by atomic mass is 9.93. The van der Waals surface area contributed by atoms with Crippen molar-refractivity contribution in [2.24, 2.45) is 0 Å². The van der Waals surface area contributed by atoms with Crippen molar-refractivity contribution in [2.75, 3.05) is 5.73 Å². The maximum atomic E-state index is 15.5. The van der Waals surface area contributed by atoms with Gasteiger partial charge in [-0.25, -0.2) is 18.6 Å². The molecule has 1 aromatic carbocycles. The number of rotatable bonds is 7. The van der Waals surface area contributed by atoms with Crippen LogP contribution in [0.25, 0.3) is 11.2 Å². The van der Waals surface area contributed by atoms with E-state index in [1.165, 1.54) is 6.07 Å². The molecule has 192 valence electrons. The first-order valence-corrected chi connectivity index (χ1v) is 11.0. The number of hydrogen-bond donors (Lipinski definition) is 5. The molecular weight excluding hydrogens is 531 g/mol. The fourth-order valence-electron chi connectivity index (χ4n) is 4.34. The number of aromatic nitrogens is 4. The van der Waals surface area contributed by atoms with Gasteiger partial charge in [-0.2, -0.15) is 9.97 Å². The third-order valence-electron chi connectivity index (χ3n) is 6.34. The standard InChI is InChI=1S/C20H17Cl2F2N5O7/c21-7-2-1-6(8(23)3-7)4-19(16(30)31,17(32)33)36-12-11-20(12,34)10(24)15(35-11)29-5-26-9-13(25)27-18(22)28-14(9)29/h1-3,5,10-12,15-16,30-31,34H,4H2,(H,32,33)(H2,25,27,28)/t10-,11-,12?,15-,19?,20+/m1/s1. The number of nitrogen functional groups attached to an aromatic ring is 1. The Balaban J connectivity index is 1.42. The maximum absolute atomic E-state index is 15.5. The number of hydrogen-bond acceptors (Lipinski definition) is 10. The van der Waals surface area contributed by atoms with E-state index in [-0.39, 0.29) is 32.9 Å². The van der Waals surface area contributed by atoms with E-state index in [0.29, 0.717) is 0 Å². The second kappa shape index (κ2) is 8.41. The quantitative estimate of drug-likeness (QED) is 0.206. The topological polar surface area (TPSA) is 186 Å². The van der Waals surface area contributed by atoms with Gasteiger partial charge in [0, 0.05) is 11.4 Å². The maximum Gasteiger partial charge on any atom is 0.341 e. The van der Waals surface area contributed by atoms with Crippen molar-refractivity contribution in [3.05, 3.63) is 46.2 Å². The molecule has 36 heavy (non-hydrogen) atoms. The van der Waals surface area contributed by atoms with Gasteiger partial charge in [0.15, 0.2) is 35.8 Å². The number of fused-ring (bicyclic) bond motifs is 2. The van der Waals surface area contributed by atoms with Crippen LogP contribution in [0.5, 0.6) is 0 Å². The molecule has 2 aromatic heterocycles. The van der Waals surface area contributed by atoms with Crippen molar-refractivity contribution in [1.82, 2.24) is 19.5 Å². The average molecular weight is 548 g/mol. The molecule has 5 rings (SSSR count). The van der Waals surface area contributed by atoms with Crippen molar-refractivity contribution < 1.29 is 43.5 Å². The average Bonchev–Trinajstić information content (AvgIpc) is 3.05. The molecule has 16 heteroatoms. The zero-order valence-electron chi connectivity index (χ0n) is 17.8.